The third-order valence-electron chi connectivity index (χ3n) is 5.62. The van der Waals surface area contributed by atoms with Crippen molar-refractivity contribution in [2.24, 2.45) is 0 Å². The van der Waals surface area contributed by atoms with Gasteiger partial charge in [-0.1, -0.05) is 89.4 Å². The van der Waals surface area contributed by atoms with E-state index >= 15 is 0 Å². The molecule has 35 heavy (non-hydrogen) atoms. The standard InChI is InChI=1S/C28H29Cl3N2O2/c1-19(2)32-28(35)26(16-20-8-4-3-5-9-20)33(18-22-12-14-23(29)17-25(22)31)27(34)15-13-21-10-6-7-11-24(21)30/h3-12,14,17,19,26H,13,15-16,18H2,1-2H3,(H,32,35)/t26-/m0/s1. The molecule has 0 unspecified atom stereocenters. The largest absolute Gasteiger partial charge is 0.352 e. The molecular weight excluding hydrogens is 503 g/mol. The monoisotopic (exact) mass is 530 g/mol. The van der Waals surface area contributed by atoms with Crippen molar-refractivity contribution in [3.05, 3.63) is 105 Å². The molecule has 0 aliphatic heterocycles. The number of amides is 2. The van der Waals surface area contributed by atoms with Crippen LogP contribution in [0.4, 0.5) is 0 Å². The predicted molar refractivity (Wildman–Crippen MR) is 144 cm³/mol. The minimum absolute atomic E-state index is 0.0695. The van der Waals surface area contributed by atoms with E-state index in [0.29, 0.717) is 27.9 Å². The average molecular weight is 532 g/mol. The van der Waals surface area contributed by atoms with Crippen LogP contribution in [0, 0.1) is 0 Å². The van der Waals surface area contributed by atoms with Crippen LogP contribution in [0.5, 0.6) is 0 Å². The minimum atomic E-state index is -0.717. The Balaban J connectivity index is 1.95. The predicted octanol–water partition coefficient (Wildman–Crippen LogP) is 6.74. The molecule has 7 heteroatoms. The van der Waals surface area contributed by atoms with Crippen LogP contribution in [0.2, 0.25) is 15.1 Å². The summed E-state index contributed by atoms with van der Waals surface area (Å²) < 4.78 is 0. The van der Waals surface area contributed by atoms with Gasteiger partial charge in [0.2, 0.25) is 11.8 Å². The number of hydrogen-bond acceptors (Lipinski definition) is 2. The van der Waals surface area contributed by atoms with E-state index in [1.807, 2.05) is 62.4 Å². The van der Waals surface area contributed by atoms with Crippen molar-refractivity contribution in [3.8, 4) is 0 Å². The zero-order valence-electron chi connectivity index (χ0n) is 19.8. The summed E-state index contributed by atoms with van der Waals surface area (Å²) >= 11 is 18.9. The summed E-state index contributed by atoms with van der Waals surface area (Å²) in [5.74, 6) is -0.365. The molecule has 0 heterocycles. The second kappa shape index (κ2) is 13.0. The number of rotatable bonds is 10. The summed E-state index contributed by atoms with van der Waals surface area (Å²) in [5, 5.41) is 4.56. The van der Waals surface area contributed by atoms with Crippen molar-refractivity contribution < 1.29 is 9.59 Å². The fourth-order valence-electron chi connectivity index (χ4n) is 3.85. The lowest BCUT2D eigenvalue weighted by Crippen LogP contribution is -2.51. The first-order valence-corrected chi connectivity index (χ1v) is 12.7. The van der Waals surface area contributed by atoms with Crippen LogP contribution in [-0.2, 0) is 29.0 Å². The van der Waals surface area contributed by atoms with Gasteiger partial charge < -0.3 is 10.2 Å². The number of nitrogens with zero attached hydrogens (tertiary/aromatic N) is 1. The van der Waals surface area contributed by atoms with Crippen molar-refractivity contribution in [2.45, 2.75) is 51.7 Å². The van der Waals surface area contributed by atoms with Crippen LogP contribution in [0.1, 0.15) is 37.0 Å². The third kappa shape index (κ3) is 7.99. The summed E-state index contributed by atoms with van der Waals surface area (Å²) in [7, 11) is 0. The number of aryl methyl sites for hydroxylation is 1. The average Bonchev–Trinajstić information content (AvgIpc) is 2.82. The van der Waals surface area contributed by atoms with Gasteiger partial charge in [0.05, 0.1) is 0 Å². The number of benzene rings is 3. The molecule has 3 aromatic rings. The number of carbonyl (C=O) groups excluding carboxylic acids is 2. The molecule has 1 atom stereocenters. The molecule has 3 aromatic carbocycles. The Morgan fingerprint density at radius 2 is 1.54 bits per heavy atom. The highest BCUT2D eigenvalue weighted by atomic mass is 35.5. The maximum Gasteiger partial charge on any atom is 0.243 e. The third-order valence-corrected chi connectivity index (χ3v) is 6.58. The van der Waals surface area contributed by atoms with E-state index in [1.165, 1.54) is 0 Å². The molecule has 2 amide bonds. The molecule has 0 aromatic heterocycles. The van der Waals surface area contributed by atoms with Gasteiger partial charge in [-0.25, -0.2) is 0 Å². The van der Waals surface area contributed by atoms with Crippen molar-refractivity contribution >= 4 is 46.6 Å². The van der Waals surface area contributed by atoms with Crippen LogP contribution in [-0.4, -0.2) is 28.8 Å². The van der Waals surface area contributed by atoms with E-state index in [1.54, 1.807) is 29.2 Å². The molecule has 0 aliphatic carbocycles. The molecule has 0 fully saturated rings. The Bertz CT molecular complexity index is 1150. The normalized spacial score (nSPS) is 11.8. The van der Waals surface area contributed by atoms with Crippen molar-refractivity contribution in [1.29, 1.82) is 0 Å². The number of hydrogen-bond donors (Lipinski definition) is 1. The first kappa shape index (κ1) is 27.1. The highest BCUT2D eigenvalue weighted by Crippen LogP contribution is 2.25. The van der Waals surface area contributed by atoms with Crippen molar-refractivity contribution in [2.75, 3.05) is 0 Å². The minimum Gasteiger partial charge on any atom is -0.352 e. The van der Waals surface area contributed by atoms with Crippen molar-refractivity contribution in [1.82, 2.24) is 10.2 Å². The maximum absolute atomic E-state index is 13.7. The first-order valence-electron chi connectivity index (χ1n) is 11.6. The van der Waals surface area contributed by atoms with Crippen molar-refractivity contribution in [3.63, 3.8) is 0 Å². The summed E-state index contributed by atoms with van der Waals surface area (Å²) in [6, 6.07) is 21.5. The second-order valence-electron chi connectivity index (χ2n) is 8.72. The SMILES string of the molecule is CC(C)NC(=O)[C@H](Cc1ccccc1)N(Cc1ccc(Cl)cc1Cl)C(=O)CCc1ccccc1Cl. The molecule has 184 valence electrons. The van der Waals surface area contributed by atoms with E-state index in [2.05, 4.69) is 5.32 Å². The fourth-order valence-corrected chi connectivity index (χ4v) is 4.55. The molecular formula is C28H29Cl3N2O2. The second-order valence-corrected chi connectivity index (χ2v) is 9.97. The molecule has 0 aliphatic rings. The van der Waals surface area contributed by atoms with Crippen LogP contribution >= 0.6 is 34.8 Å². The Labute approximate surface area is 222 Å². The quantitative estimate of drug-likeness (QED) is 0.315. The van der Waals surface area contributed by atoms with Gasteiger partial charge in [0.1, 0.15) is 6.04 Å². The van der Waals surface area contributed by atoms with E-state index in [0.717, 1.165) is 16.7 Å². The van der Waals surface area contributed by atoms with Crippen LogP contribution < -0.4 is 5.32 Å². The maximum atomic E-state index is 13.7. The molecule has 4 nitrogen and oxygen atoms in total. The zero-order chi connectivity index (χ0) is 25.4. The summed E-state index contributed by atoms with van der Waals surface area (Å²) in [4.78, 5) is 28.7. The molecule has 0 saturated heterocycles. The lowest BCUT2D eigenvalue weighted by atomic mass is 10.0. The van der Waals surface area contributed by atoms with E-state index in [9.17, 15) is 9.59 Å². The Morgan fingerprint density at radius 1 is 0.857 bits per heavy atom. The van der Waals surface area contributed by atoms with E-state index < -0.39 is 6.04 Å². The van der Waals surface area contributed by atoms with Gasteiger partial charge in [-0.05, 0) is 55.2 Å². The molecule has 1 N–H and O–H groups in total. The van der Waals surface area contributed by atoms with E-state index in [-0.39, 0.29) is 30.8 Å². The zero-order valence-corrected chi connectivity index (χ0v) is 22.1. The number of nitrogens with one attached hydrogen (secondary N) is 1. The Kier molecular flexibility index (Phi) is 10.0. The van der Waals surface area contributed by atoms with Crippen LogP contribution in [0.25, 0.3) is 0 Å². The fraction of sp³-hybridized carbons (Fsp3) is 0.286. The van der Waals surface area contributed by atoms with Gasteiger partial charge >= 0.3 is 0 Å². The lowest BCUT2D eigenvalue weighted by Gasteiger charge is -2.32. The van der Waals surface area contributed by atoms with Crippen LogP contribution in [0.15, 0.2) is 72.8 Å². The topological polar surface area (TPSA) is 49.4 Å². The summed E-state index contributed by atoms with van der Waals surface area (Å²) in [5.41, 5.74) is 2.57. The van der Waals surface area contributed by atoms with Gasteiger partial charge in [0, 0.05) is 40.5 Å². The first-order chi connectivity index (χ1) is 16.7. The van der Waals surface area contributed by atoms with Gasteiger partial charge in [-0.3, -0.25) is 9.59 Å². The highest BCUT2D eigenvalue weighted by molar-refractivity contribution is 6.35. The molecule has 0 radical (unpaired) electrons. The highest BCUT2D eigenvalue weighted by Gasteiger charge is 2.31. The van der Waals surface area contributed by atoms with Gasteiger partial charge in [0.15, 0.2) is 0 Å². The summed E-state index contributed by atoms with van der Waals surface area (Å²) in [6.45, 7) is 3.98. The lowest BCUT2D eigenvalue weighted by molar-refractivity contribution is -0.141. The Hall–Kier alpha value is -2.53. The molecule has 0 saturated carbocycles. The number of halogens is 3. The van der Waals surface area contributed by atoms with Gasteiger partial charge in [0.25, 0.3) is 0 Å². The smallest absolute Gasteiger partial charge is 0.243 e. The van der Waals surface area contributed by atoms with Gasteiger partial charge in [-0.15, -0.1) is 0 Å². The number of carbonyl (C=O) groups is 2. The molecule has 3 rings (SSSR count). The Morgan fingerprint density at radius 3 is 2.20 bits per heavy atom. The van der Waals surface area contributed by atoms with Crippen LogP contribution in [0.3, 0.4) is 0 Å². The van der Waals surface area contributed by atoms with E-state index in [4.69, 9.17) is 34.8 Å². The van der Waals surface area contributed by atoms with Gasteiger partial charge in [-0.2, -0.15) is 0 Å². The molecule has 0 spiro atoms. The summed E-state index contributed by atoms with van der Waals surface area (Å²) in [6.07, 6.45) is 1.05. The molecule has 0 bridgehead atoms.